The van der Waals surface area contributed by atoms with E-state index in [9.17, 15) is 9.18 Å². The third-order valence-corrected chi connectivity index (χ3v) is 3.92. The van der Waals surface area contributed by atoms with Crippen LogP contribution in [0, 0.1) is 5.95 Å². The largest absolute Gasteiger partial charge is 0.415 e. The molecule has 0 aliphatic carbocycles. The maximum atomic E-state index is 12.8. The molecule has 0 atom stereocenters. The molecule has 114 valence electrons. The summed E-state index contributed by atoms with van der Waals surface area (Å²) in [5.41, 5.74) is 1.03. The van der Waals surface area contributed by atoms with Gasteiger partial charge in [-0.3, -0.25) is 0 Å². The van der Waals surface area contributed by atoms with Gasteiger partial charge in [-0.1, -0.05) is 24.3 Å². The third kappa shape index (κ3) is 3.42. The van der Waals surface area contributed by atoms with Crippen molar-refractivity contribution in [1.29, 1.82) is 0 Å². The van der Waals surface area contributed by atoms with Crippen molar-refractivity contribution in [2.24, 2.45) is 0 Å². The van der Waals surface area contributed by atoms with Gasteiger partial charge in [0, 0.05) is 19.3 Å². The second-order valence-corrected chi connectivity index (χ2v) is 5.36. The van der Waals surface area contributed by atoms with E-state index in [1.165, 1.54) is 6.07 Å². The van der Waals surface area contributed by atoms with Crippen molar-refractivity contribution in [2.45, 2.75) is 18.8 Å². The maximum Gasteiger partial charge on any atom is 0.415 e. The molecule has 4 nitrogen and oxygen atoms in total. The van der Waals surface area contributed by atoms with Gasteiger partial charge in [-0.05, 0) is 42.5 Å². The number of rotatable bonds is 2. The Morgan fingerprint density at radius 2 is 1.86 bits per heavy atom. The number of ether oxygens (including phenoxy) is 1. The average Bonchev–Trinajstić information content (AvgIpc) is 2.57. The van der Waals surface area contributed by atoms with Crippen molar-refractivity contribution in [3.05, 3.63) is 60.2 Å². The minimum atomic E-state index is -0.465. The van der Waals surface area contributed by atoms with E-state index < -0.39 is 5.95 Å². The SMILES string of the molecule is O=C(Oc1ccccc1)N1CCC(c2ccc(F)nc2)CC1. The molecule has 2 heterocycles. The molecule has 5 heteroatoms. The van der Waals surface area contributed by atoms with Gasteiger partial charge in [0.05, 0.1) is 0 Å². The van der Waals surface area contributed by atoms with Gasteiger partial charge in [0.1, 0.15) is 5.75 Å². The summed E-state index contributed by atoms with van der Waals surface area (Å²) < 4.78 is 18.2. The van der Waals surface area contributed by atoms with Gasteiger partial charge in [-0.25, -0.2) is 9.78 Å². The second kappa shape index (κ2) is 6.56. The molecule has 1 aromatic heterocycles. The van der Waals surface area contributed by atoms with E-state index in [0.717, 1.165) is 18.4 Å². The van der Waals surface area contributed by atoms with Gasteiger partial charge < -0.3 is 9.64 Å². The summed E-state index contributed by atoms with van der Waals surface area (Å²) in [7, 11) is 0. The Bertz CT molecular complexity index is 623. The summed E-state index contributed by atoms with van der Waals surface area (Å²) in [5, 5.41) is 0. The van der Waals surface area contributed by atoms with Crippen LogP contribution < -0.4 is 4.74 Å². The van der Waals surface area contributed by atoms with Crippen LogP contribution in [0.5, 0.6) is 5.75 Å². The highest BCUT2D eigenvalue weighted by Gasteiger charge is 2.25. The van der Waals surface area contributed by atoms with Crippen molar-refractivity contribution < 1.29 is 13.9 Å². The van der Waals surface area contributed by atoms with Gasteiger partial charge >= 0.3 is 6.09 Å². The van der Waals surface area contributed by atoms with Gasteiger partial charge in [-0.2, -0.15) is 4.39 Å². The minimum Gasteiger partial charge on any atom is -0.410 e. The van der Waals surface area contributed by atoms with E-state index in [1.54, 1.807) is 29.3 Å². The molecule has 2 aromatic rings. The Hall–Kier alpha value is -2.43. The van der Waals surface area contributed by atoms with E-state index >= 15 is 0 Å². The molecule has 1 aliphatic rings. The van der Waals surface area contributed by atoms with Gasteiger partial charge in [0.25, 0.3) is 0 Å². The van der Waals surface area contributed by atoms with Crippen molar-refractivity contribution in [3.63, 3.8) is 0 Å². The molecule has 0 radical (unpaired) electrons. The van der Waals surface area contributed by atoms with Crippen LogP contribution in [0.1, 0.15) is 24.3 Å². The van der Waals surface area contributed by atoms with Crippen LogP contribution in [0.3, 0.4) is 0 Å². The van der Waals surface area contributed by atoms with Crippen LogP contribution in [0.2, 0.25) is 0 Å². The molecule has 1 aromatic carbocycles. The van der Waals surface area contributed by atoms with Gasteiger partial charge in [0.15, 0.2) is 0 Å². The highest BCUT2D eigenvalue weighted by atomic mass is 19.1. The number of carbonyl (C=O) groups is 1. The Morgan fingerprint density at radius 3 is 2.50 bits per heavy atom. The summed E-state index contributed by atoms with van der Waals surface area (Å²) in [4.78, 5) is 17.5. The number of para-hydroxylation sites is 1. The van der Waals surface area contributed by atoms with E-state index in [2.05, 4.69) is 4.98 Å². The van der Waals surface area contributed by atoms with E-state index in [1.807, 2.05) is 18.2 Å². The average molecular weight is 300 g/mol. The second-order valence-electron chi connectivity index (χ2n) is 5.36. The number of amides is 1. The third-order valence-electron chi connectivity index (χ3n) is 3.92. The van der Waals surface area contributed by atoms with Gasteiger partial charge in [-0.15, -0.1) is 0 Å². The zero-order valence-electron chi connectivity index (χ0n) is 12.1. The molecule has 3 rings (SSSR count). The van der Waals surface area contributed by atoms with Crippen molar-refractivity contribution >= 4 is 6.09 Å². The van der Waals surface area contributed by atoms with Crippen LogP contribution >= 0.6 is 0 Å². The summed E-state index contributed by atoms with van der Waals surface area (Å²) in [6, 6.07) is 12.2. The fourth-order valence-electron chi connectivity index (χ4n) is 2.68. The first-order valence-electron chi connectivity index (χ1n) is 7.35. The molecule has 1 amide bonds. The molecular formula is C17H17FN2O2. The number of hydrogen-bond donors (Lipinski definition) is 0. The molecular weight excluding hydrogens is 283 g/mol. The molecule has 22 heavy (non-hydrogen) atoms. The van der Waals surface area contributed by atoms with Crippen LogP contribution in [0.4, 0.5) is 9.18 Å². The Morgan fingerprint density at radius 1 is 1.14 bits per heavy atom. The number of hydrogen-bond acceptors (Lipinski definition) is 3. The topological polar surface area (TPSA) is 42.4 Å². The monoisotopic (exact) mass is 300 g/mol. The van der Waals surface area contributed by atoms with Crippen LogP contribution in [0.25, 0.3) is 0 Å². The lowest BCUT2D eigenvalue weighted by Crippen LogP contribution is -2.39. The summed E-state index contributed by atoms with van der Waals surface area (Å²) in [6.45, 7) is 1.27. The standard InChI is InChI=1S/C17H17FN2O2/c18-16-7-6-14(12-19-16)13-8-10-20(11-9-13)17(21)22-15-4-2-1-3-5-15/h1-7,12-13H,8-11H2. The van der Waals surface area contributed by atoms with Crippen molar-refractivity contribution in [2.75, 3.05) is 13.1 Å². The lowest BCUT2D eigenvalue weighted by molar-refractivity contribution is 0.138. The first kappa shape index (κ1) is 14.5. The predicted molar refractivity (Wildman–Crippen MR) is 80.2 cm³/mol. The van der Waals surface area contributed by atoms with Crippen molar-refractivity contribution in [1.82, 2.24) is 9.88 Å². The number of halogens is 1. The lowest BCUT2D eigenvalue weighted by atomic mass is 9.91. The van der Waals surface area contributed by atoms with Crippen LogP contribution in [0.15, 0.2) is 48.7 Å². The first-order chi connectivity index (χ1) is 10.7. The zero-order valence-corrected chi connectivity index (χ0v) is 12.1. The van der Waals surface area contributed by atoms with E-state index in [-0.39, 0.29) is 6.09 Å². The molecule has 1 saturated heterocycles. The molecule has 1 aliphatic heterocycles. The fourth-order valence-corrected chi connectivity index (χ4v) is 2.68. The summed E-state index contributed by atoms with van der Waals surface area (Å²) in [5.74, 6) is 0.402. The van der Waals surface area contributed by atoms with Crippen LogP contribution in [-0.2, 0) is 0 Å². The zero-order chi connectivity index (χ0) is 15.4. The lowest BCUT2D eigenvalue weighted by Gasteiger charge is -2.31. The van der Waals surface area contributed by atoms with E-state index in [4.69, 9.17) is 4.74 Å². The molecule has 0 bridgehead atoms. The molecule has 0 saturated carbocycles. The smallest absolute Gasteiger partial charge is 0.410 e. The number of carbonyl (C=O) groups excluding carboxylic acids is 1. The maximum absolute atomic E-state index is 12.8. The Kier molecular flexibility index (Phi) is 4.32. The summed E-state index contributed by atoms with van der Waals surface area (Å²) in [6.07, 6.45) is 2.92. The summed E-state index contributed by atoms with van der Waals surface area (Å²) >= 11 is 0. The van der Waals surface area contributed by atoms with Crippen molar-refractivity contribution in [3.8, 4) is 5.75 Å². The molecule has 0 spiro atoms. The van der Waals surface area contributed by atoms with E-state index in [0.29, 0.717) is 24.8 Å². The quantitative estimate of drug-likeness (QED) is 0.796. The number of aromatic nitrogens is 1. The number of likely N-dealkylation sites (tertiary alicyclic amines) is 1. The Labute approximate surface area is 128 Å². The molecule has 0 N–H and O–H groups in total. The first-order valence-corrected chi connectivity index (χ1v) is 7.35. The fraction of sp³-hybridized carbons (Fsp3) is 0.294. The molecule has 1 fully saturated rings. The highest BCUT2D eigenvalue weighted by molar-refractivity contribution is 5.70. The van der Waals surface area contributed by atoms with Crippen LogP contribution in [-0.4, -0.2) is 29.1 Å². The molecule has 0 unspecified atom stereocenters. The number of piperidine rings is 1. The Balaban J connectivity index is 1.55. The predicted octanol–water partition coefficient (Wildman–Crippen LogP) is 3.60. The number of benzene rings is 1. The minimum absolute atomic E-state index is 0.314. The number of nitrogens with zero attached hydrogens (tertiary/aromatic N) is 2. The normalized spacial score (nSPS) is 15.6. The highest BCUT2D eigenvalue weighted by Crippen LogP contribution is 2.28. The van der Waals surface area contributed by atoms with Gasteiger partial charge in [0.2, 0.25) is 5.95 Å². The number of pyridine rings is 1.